The highest BCUT2D eigenvalue weighted by Crippen LogP contribution is 2.34. The van der Waals surface area contributed by atoms with Gasteiger partial charge in [0.15, 0.2) is 11.5 Å². The quantitative estimate of drug-likeness (QED) is 0.648. The first-order valence-electron chi connectivity index (χ1n) is 7.31. The molecule has 0 saturated heterocycles. The average molecular weight is 340 g/mol. The maximum absolute atomic E-state index is 11.1. The molecule has 0 amide bonds. The van der Waals surface area contributed by atoms with Crippen LogP contribution >= 0.6 is 0 Å². The van der Waals surface area contributed by atoms with Crippen LogP contribution in [-0.4, -0.2) is 35.3 Å². The Hall–Kier alpha value is -3.55. The van der Waals surface area contributed by atoms with Gasteiger partial charge >= 0.3 is 5.97 Å². The van der Waals surface area contributed by atoms with E-state index in [9.17, 15) is 4.79 Å². The lowest BCUT2D eigenvalue weighted by Gasteiger charge is -2.12. The normalized spacial score (nSPS) is 10.5. The lowest BCUT2D eigenvalue weighted by molar-refractivity contribution is 0.0697. The number of hydrogen-bond acceptors (Lipinski definition) is 7. The predicted octanol–water partition coefficient (Wildman–Crippen LogP) is 2.67. The Bertz CT molecular complexity index is 959. The Kier molecular flexibility index (Phi) is 4.25. The molecule has 0 bridgehead atoms. The molecule has 0 aliphatic carbocycles. The van der Waals surface area contributed by atoms with Gasteiger partial charge in [-0.05, 0) is 24.3 Å². The molecule has 0 aliphatic rings. The van der Waals surface area contributed by atoms with E-state index in [1.165, 1.54) is 26.4 Å². The Morgan fingerprint density at radius 2 is 1.84 bits per heavy atom. The van der Waals surface area contributed by atoms with E-state index in [1.54, 1.807) is 24.3 Å². The lowest BCUT2D eigenvalue weighted by atomic mass is 10.2. The van der Waals surface area contributed by atoms with Crippen LogP contribution < -0.4 is 20.5 Å². The summed E-state index contributed by atoms with van der Waals surface area (Å²) in [6.07, 6.45) is 0. The highest BCUT2D eigenvalue weighted by Gasteiger charge is 2.12. The number of benzene rings is 2. The molecule has 8 heteroatoms. The van der Waals surface area contributed by atoms with Crippen LogP contribution in [0.5, 0.6) is 11.5 Å². The second kappa shape index (κ2) is 6.52. The van der Waals surface area contributed by atoms with Crippen molar-refractivity contribution >= 4 is 34.3 Å². The zero-order chi connectivity index (χ0) is 18.0. The van der Waals surface area contributed by atoms with Crippen molar-refractivity contribution in [3.8, 4) is 11.5 Å². The summed E-state index contributed by atoms with van der Waals surface area (Å²) in [5, 5.41) is 12.7. The molecule has 25 heavy (non-hydrogen) atoms. The molecule has 0 atom stereocenters. The number of methoxy groups -OCH3 is 2. The number of aromatic carboxylic acids is 1. The molecule has 1 aromatic heterocycles. The molecule has 3 rings (SSSR count). The first-order valence-corrected chi connectivity index (χ1v) is 7.31. The predicted molar refractivity (Wildman–Crippen MR) is 93.7 cm³/mol. The van der Waals surface area contributed by atoms with Crippen LogP contribution in [0.25, 0.3) is 10.9 Å². The Morgan fingerprint density at radius 3 is 2.52 bits per heavy atom. The topological polar surface area (TPSA) is 120 Å². The van der Waals surface area contributed by atoms with Gasteiger partial charge in [0.25, 0.3) is 0 Å². The Labute approximate surface area is 143 Å². The first kappa shape index (κ1) is 16.3. The fourth-order valence-electron chi connectivity index (χ4n) is 2.39. The van der Waals surface area contributed by atoms with E-state index in [0.29, 0.717) is 28.1 Å². The zero-order valence-corrected chi connectivity index (χ0v) is 13.6. The summed E-state index contributed by atoms with van der Waals surface area (Å²) < 4.78 is 10.5. The van der Waals surface area contributed by atoms with Crippen molar-refractivity contribution in [1.82, 2.24) is 9.97 Å². The van der Waals surface area contributed by atoms with Crippen LogP contribution in [0.3, 0.4) is 0 Å². The minimum Gasteiger partial charge on any atom is -0.493 e. The van der Waals surface area contributed by atoms with E-state index in [1.807, 2.05) is 0 Å². The van der Waals surface area contributed by atoms with Gasteiger partial charge in [-0.15, -0.1) is 0 Å². The number of carbonyl (C=O) groups is 1. The third-order valence-corrected chi connectivity index (χ3v) is 3.60. The number of nitrogens with two attached hydrogens (primary N) is 1. The number of fused-ring (bicyclic) bond motifs is 1. The number of aromatic nitrogens is 2. The molecule has 128 valence electrons. The van der Waals surface area contributed by atoms with Gasteiger partial charge in [-0.25, -0.2) is 9.78 Å². The van der Waals surface area contributed by atoms with Crippen molar-refractivity contribution in [2.45, 2.75) is 0 Å². The van der Waals surface area contributed by atoms with Crippen molar-refractivity contribution in [3.63, 3.8) is 0 Å². The van der Waals surface area contributed by atoms with Crippen molar-refractivity contribution in [2.75, 3.05) is 25.3 Å². The fraction of sp³-hybridized carbons (Fsp3) is 0.118. The lowest BCUT2D eigenvalue weighted by Crippen LogP contribution is -2.03. The van der Waals surface area contributed by atoms with Gasteiger partial charge < -0.3 is 25.6 Å². The third-order valence-electron chi connectivity index (χ3n) is 3.60. The number of anilines is 3. The number of hydrogen-bond donors (Lipinski definition) is 3. The molecule has 0 aliphatic heterocycles. The molecule has 4 N–H and O–H groups in total. The van der Waals surface area contributed by atoms with Crippen LogP contribution in [-0.2, 0) is 0 Å². The zero-order valence-electron chi connectivity index (χ0n) is 13.6. The van der Waals surface area contributed by atoms with Gasteiger partial charge in [0.1, 0.15) is 5.82 Å². The van der Waals surface area contributed by atoms with E-state index >= 15 is 0 Å². The SMILES string of the molecule is COc1cc2nc(Nc3cccc(C(=O)O)c3)nc(N)c2cc1OC. The minimum atomic E-state index is -1.01. The molecule has 0 unspecified atom stereocenters. The fourth-order valence-corrected chi connectivity index (χ4v) is 2.39. The van der Waals surface area contributed by atoms with Gasteiger partial charge in [0.05, 0.1) is 25.3 Å². The van der Waals surface area contributed by atoms with Gasteiger partial charge in [-0.2, -0.15) is 4.98 Å². The summed E-state index contributed by atoms with van der Waals surface area (Å²) in [7, 11) is 3.07. The highest BCUT2D eigenvalue weighted by molar-refractivity contribution is 5.92. The van der Waals surface area contributed by atoms with Gasteiger partial charge in [0.2, 0.25) is 5.95 Å². The van der Waals surface area contributed by atoms with Crippen LogP contribution in [0.2, 0.25) is 0 Å². The van der Waals surface area contributed by atoms with Crippen LogP contribution in [0, 0.1) is 0 Å². The van der Waals surface area contributed by atoms with E-state index < -0.39 is 5.97 Å². The molecule has 0 fully saturated rings. The number of rotatable bonds is 5. The van der Waals surface area contributed by atoms with Gasteiger partial charge in [-0.1, -0.05) is 6.07 Å². The average Bonchev–Trinajstić information content (AvgIpc) is 2.61. The minimum absolute atomic E-state index is 0.158. The molecule has 0 saturated carbocycles. The summed E-state index contributed by atoms with van der Waals surface area (Å²) in [5.41, 5.74) is 7.29. The Balaban J connectivity index is 2.03. The van der Waals surface area contributed by atoms with Gasteiger partial charge in [0, 0.05) is 17.1 Å². The van der Waals surface area contributed by atoms with Crippen molar-refractivity contribution in [2.24, 2.45) is 0 Å². The summed E-state index contributed by atoms with van der Waals surface area (Å²) in [4.78, 5) is 19.7. The summed E-state index contributed by atoms with van der Waals surface area (Å²) >= 11 is 0. The van der Waals surface area contributed by atoms with Gasteiger partial charge in [-0.3, -0.25) is 0 Å². The number of carboxylic acids is 1. The molecular weight excluding hydrogens is 324 g/mol. The van der Waals surface area contributed by atoms with Crippen molar-refractivity contribution < 1.29 is 19.4 Å². The smallest absolute Gasteiger partial charge is 0.335 e. The summed E-state index contributed by atoms with van der Waals surface area (Å²) in [6, 6.07) is 9.74. The largest absolute Gasteiger partial charge is 0.493 e. The molecule has 2 aromatic carbocycles. The second-order valence-electron chi connectivity index (χ2n) is 5.17. The monoisotopic (exact) mass is 340 g/mol. The second-order valence-corrected chi connectivity index (χ2v) is 5.17. The number of nitrogens with zero attached hydrogens (tertiary/aromatic N) is 2. The van der Waals surface area contributed by atoms with E-state index in [0.717, 1.165) is 0 Å². The number of carboxylic acid groups (broad SMARTS) is 1. The highest BCUT2D eigenvalue weighted by atomic mass is 16.5. The van der Waals surface area contributed by atoms with Crippen LogP contribution in [0.4, 0.5) is 17.5 Å². The maximum Gasteiger partial charge on any atom is 0.335 e. The molecule has 8 nitrogen and oxygen atoms in total. The van der Waals surface area contributed by atoms with E-state index in [-0.39, 0.29) is 17.3 Å². The van der Waals surface area contributed by atoms with Crippen molar-refractivity contribution in [3.05, 3.63) is 42.0 Å². The molecule has 3 aromatic rings. The summed E-state index contributed by atoms with van der Waals surface area (Å²) in [5.74, 6) is 0.550. The standard InChI is InChI=1S/C17H16N4O4/c1-24-13-7-11-12(8-14(13)25-2)20-17(21-15(11)18)19-10-5-3-4-9(6-10)16(22)23/h3-8H,1-2H3,(H,22,23)(H3,18,19,20,21). The number of ether oxygens (including phenoxy) is 2. The summed E-state index contributed by atoms with van der Waals surface area (Å²) in [6.45, 7) is 0. The third kappa shape index (κ3) is 3.23. The molecule has 0 spiro atoms. The molecule has 0 radical (unpaired) electrons. The molecular formula is C17H16N4O4. The maximum atomic E-state index is 11.1. The van der Waals surface area contributed by atoms with E-state index in [2.05, 4.69) is 15.3 Å². The number of nitrogens with one attached hydrogen (secondary N) is 1. The van der Waals surface area contributed by atoms with Crippen LogP contribution in [0.15, 0.2) is 36.4 Å². The Morgan fingerprint density at radius 1 is 1.12 bits per heavy atom. The van der Waals surface area contributed by atoms with Crippen LogP contribution in [0.1, 0.15) is 10.4 Å². The van der Waals surface area contributed by atoms with Crippen molar-refractivity contribution in [1.29, 1.82) is 0 Å². The number of nitrogen functional groups attached to an aromatic ring is 1. The van der Waals surface area contributed by atoms with E-state index in [4.69, 9.17) is 20.3 Å². The first-order chi connectivity index (χ1) is 12.0. The molecule has 1 heterocycles.